The summed E-state index contributed by atoms with van der Waals surface area (Å²) in [6, 6.07) is 12.7. The van der Waals surface area contributed by atoms with Crippen molar-refractivity contribution in [3.05, 3.63) is 59.9 Å². The van der Waals surface area contributed by atoms with E-state index in [2.05, 4.69) is 10.3 Å². The van der Waals surface area contributed by atoms with Crippen molar-refractivity contribution in [3.63, 3.8) is 0 Å². The van der Waals surface area contributed by atoms with E-state index in [1.54, 1.807) is 29.7 Å². The average Bonchev–Trinajstić information content (AvgIpc) is 3.02. The lowest BCUT2D eigenvalue weighted by atomic mass is 10.1. The molecule has 0 bridgehead atoms. The van der Waals surface area contributed by atoms with E-state index in [0.717, 1.165) is 11.3 Å². The molecule has 1 N–H and O–H groups in total. The van der Waals surface area contributed by atoms with Crippen molar-refractivity contribution in [2.45, 2.75) is 20.3 Å². The SMILES string of the molecule is CCOC(=O)c1nc2ccccn2c1NC(=O)Cc1ccc(OCC)cc1. The number of hydrogen-bond donors (Lipinski definition) is 1. The first-order valence-electron chi connectivity index (χ1n) is 8.78. The number of benzene rings is 1. The highest BCUT2D eigenvalue weighted by atomic mass is 16.5. The number of hydrogen-bond acceptors (Lipinski definition) is 5. The van der Waals surface area contributed by atoms with Crippen LogP contribution >= 0.6 is 0 Å². The van der Waals surface area contributed by atoms with Crippen molar-refractivity contribution < 1.29 is 19.1 Å². The number of nitrogens with zero attached hydrogens (tertiary/aromatic N) is 2. The second-order valence-corrected chi connectivity index (χ2v) is 5.76. The zero-order valence-corrected chi connectivity index (χ0v) is 15.3. The van der Waals surface area contributed by atoms with Gasteiger partial charge >= 0.3 is 5.97 Å². The maximum atomic E-state index is 12.5. The van der Waals surface area contributed by atoms with E-state index >= 15 is 0 Å². The molecule has 1 amide bonds. The fraction of sp³-hybridized carbons (Fsp3) is 0.250. The van der Waals surface area contributed by atoms with Crippen molar-refractivity contribution in [3.8, 4) is 5.75 Å². The van der Waals surface area contributed by atoms with Crippen LogP contribution in [0.25, 0.3) is 5.65 Å². The standard InChI is InChI=1S/C20H21N3O4/c1-3-26-15-10-8-14(9-11-15)13-17(24)22-19-18(20(25)27-4-2)21-16-7-5-6-12-23(16)19/h5-12H,3-4,13H2,1-2H3,(H,22,24). The Bertz CT molecular complexity index is 948. The predicted octanol–water partition coefficient (Wildman–Crippen LogP) is 3.09. The molecule has 0 fully saturated rings. The van der Waals surface area contributed by atoms with E-state index < -0.39 is 5.97 Å². The number of fused-ring (bicyclic) bond motifs is 1. The Hall–Kier alpha value is -3.35. The highest BCUT2D eigenvalue weighted by molar-refractivity contribution is 6.00. The molecule has 0 saturated carbocycles. The molecule has 27 heavy (non-hydrogen) atoms. The number of carbonyl (C=O) groups excluding carboxylic acids is 2. The first kappa shape index (κ1) is 18.4. The van der Waals surface area contributed by atoms with E-state index in [4.69, 9.17) is 9.47 Å². The van der Waals surface area contributed by atoms with Crippen LogP contribution in [0, 0.1) is 0 Å². The van der Waals surface area contributed by atoms with Gasteiger partial charge in [0.05, 0.1) is 19.6 Å². The van der Waals surface area contributed by atoms with Gasteiger partial charge in [-0.15, -0.1) is 0 Å². The number of pyridine rings is 1. The van der Waals surface area contributed by atoms with E-state index in [-0.39, 0.29) is 24.6 Å². The topological polar surface area (TPSA) is 81.9 Å². The van der Waals surface area contributed by atoms with Crippen molar-refractivity contribution in [1.82, 2.24) is 9.38 Å². The largest absolute Gasteiger partial charge is 0.494 e. The molecule has 7 nitrogen and oxygen atoms in total. The summed E-state index contributed by atoms with van der Waals surface area (Å²) in [5.41, 5.74) is 1.47. The third-order valence-corrected chi connectivity index (χ3v) is 3.86. The summed E-state index contributed by atoms with van der Waals surface area (Å²) < 4.78 is 12.1. The van der Waals surface area contributed by atoms with Gasteiger partial charge < -0.3 is 14.8 Å². The van der Waals surface area contributed by atoms with Crippen LogP contribution in [0.5, 0.6) is 5.75 Å². The molecular formula is C20H21N3O4. The van der Waals surface area contributed by atoms with Crippen molar-refractivity contribution in [2.24, 2.45) is 0 Å². The second-order valence-electron chi connectivity index (χ2n) is 5.76. The van der Waals surface area contributed by atoms with Crippen molar-refractivity contribution in [2.75, 3.05) is 18.5 Å². The minimum Gasteiger partial charge on any atom is -0.494 e. The van der Waals surface area contributed by atoms with Crippen LogP contribution < -0.4 is 10.1 Å². The van der Waals surface area contributed by atoms with Crippen molar-refractivity contribution >= 4 is 23.3 Å². The van der Waals surface area contributed by atoms with Gasteiger partial charge in [0.1, 0.15) is 11.4 Å². The van der Waals surface area contributed by atoms with Crippen LogP contribution in [0.4, 0.5) is 5.82 Å². The normalized spacial score (nSPS) is 10.6. The monoisotopic (exact) mass is 367 g/mol. The zero-order chi connectivity index (χ0) is 19.2. The third-order valence-electron chi connectivity index (χ3n) is 3.86. The van der Waals surface area contributed by atoms with Gasteiger partial charge in [0.25, 0.3) is 0 Å². The molecule has 1 aromatic carbocycles. The molecule has 140 valence electrons. The maximum absolute atomic E-state index is 12.5. The van der Waals surface area contributed by atoms with E-state index in [1.807, 2.05) is 37.3 Å². The number of rotatable bonds is 7. The summed E-state index contributed by atoms with van der Waals surface area (Å²) in [5, 5.41) is 2.79. The fourth-order valence-corrected chi connectivity index (χ4v) is 2.69. The highest BCUT2D eigenvalue weighted by Crippen LogP contribution is 2.20. The number of esters is 1. The molecule has 0 unspecified atom stereocenters. The number of amides is 1. The fourth-order valence-electron chi connectivity index (χ4n) is 2.69. The van der Waals surface area contributed by atoms with Crippen LogP contribution in [0.2, 0.25) is 0 Å². The molecule has 0 atom stereocenters. The maximum Gasteiger partial charge on any atom is 0.360 e. The number of anilines is 1. The van der Waals surface area contributed by atoms with Gasteiger partial charge in [0.2, 0.25) is 5.91 Å². The van der Waals surface area contributed by atoms with Gasteiger partial charge in [0.15, 0.2) is 11.5 Å². The smallest absolute Gasteiger partial charge is 0.360 e. The van der Waals surface area contributed by atoms with Gasteiger partial charge in [-0.3, -0.25) is 9.20 Å². The molecule has 0 aliphatic heterocycles. The summed E-state index contributed by atoms with van der Waals surface area (Å²) in [6.07, 6.45) is 1.90. The number of carbonyl (C=O) groups is 2. The molecule has 0 spiro atoms. The first-order chi connectivity index (χ1) is 13.1. The van der Waals surface area contributed by atoms with Gasteiger partial charge in [-0.1, -0.05) is 18.2 Å². The number of nitrogens with one attached hydrogen (secondary N) is 1. The van der Waals surface area contributed by atoms with Gasteiger partial charge in [0, 0.05) is 6.20 Å². The molecular weight excluding hydrogens is 346 g/mol. The molecule has 0 aliphatic carbocycles. The molecule has 0 aliphatic rings. The van der Waals surface area contributed by atoms with Crippen molar-refractivity contribution in [1.29, 1.82) is 0 Å². The number of aromatic nitrogens is 2. The highest BCUT2D eigenvalue weighted by Gasteiger charge is 2.21. The molecule has 2 heterocycles. The number of imidazole rings is 1. The van der Waals surface area contributed by atoms with Crippen LogP contribution in [-0.4, -0.2) is 34.5 Å². The van der Waals surface area contributed by atoms with Crippen LogP contribution in [0.15, 0.2) is 48.7 Å². The Morgan fingerprint density at radius 3 is 2.56 bits per heavy atom. The minimum absolute atomic E-state index is 0.0862. The Labute approximate surface area is 156 Å². The summed E-state index contributed by atoms with van der Waals surface area (Å²) in [6.45, 7) is 4.45. The molecule has 2 aromatic heterocycles. The van der Waals surface area contributed by atoms with Crippen LogP contribution in [0.1, 0.15) is 29.9 Å². The van der Waals surface area contributed by atoms with Gasteiger partial charge in [-0.05, 0) is 43.7 Å². The second kappa shape index (κ2) is 8.35. The van der Waals surface area contributed by atoms with Crippen LogP contribution in [-0.2, 0) is 16.0 Å². The molecule has 0 radical (unpaired) electrons. The lowest BCUT2D eigenvalue weighted by molar-refractivity contribution is -0.115. The average molecular weight is 367 g/mol. The third kappa shape index (κ3) is 4.25. The van der Waals surface area contributed by atoms with E-state index in [0.29, 0.717) is 18.1 Å². The Morgan fingerprint density at radius 1 is 1.07 bits per heavy atom. The van der Waals surface area contributed by atoms with E-state index in [1.165, 1.54) is 0 Å². The molecule has 3 aromatic rings. The van der Waals surface area contributed by atoms with Crippen LogP contribution in [0.3, 0.4) is 0 Å². The predicted molar refractivity (Wildman–Crippen MR) is 101 cm³/mol. The Kier molecular flexibility index (Phi) is 5.71. The summed E-state index contributed by atoms with van der Waals surface area (Å²) in [4.78, 5) is 29.0. The zero-order valence-electron chi connectivity index (χ0n) is 15.3. The van der Waals surface area contributed by atoms with E-state index in [9.17, 15) is 9.59 Å². The summed E-state index contributed by atoms with van der Waals surface area (Å²) >= 11 is 0. The Morgan fingerprint density at radius 2 is 1.85 bits per heavy atom. The van der Waals surface area contributed by atoms with Gasteiger partial charge in [-0.25, -0.2) is 9.78 Å². The number of ether oxygens (including phenoxy) is 2. The quantitative estimate of drug-likeness (QED) is 0.649. The summed E-state index contributed by atoms with van der Waals surface area (Å²) in [7, 11) is 0. The minimum atomic E-state index is -0.572. The molecule has 0 saturated heterocycles. The lowest BCUT2D eigenvalue weighted by Gasteiger charge is -2.08. The molecule has 7 heteroatoms. The van der Waals surface area contributed by atoms with Gasteiger partial charge in [-0.2, -0.15) is 0 Å². The Balaban J connectivity index is 1.81. The molecule has 3 rings (SSSR count). The lowest BCUT2D eigenvalue weighted by Crippen LogP contribution is -2.18. The summed E-state index contributed by atoms with van der Waals surface area (Å²) in [5.74, 6) is 0.237. The first-order valence-corrected chi connectivity index (χ1v) is 8.78.